The van der Waals surface area contributed by atoms with Gasteiger partial charge in [0.2, 0.25) is 0 Å². The molecule has 0 bridgehead atoms. The number of carbonyl (C=O) groups excluding carboxylic acids is 2. The number of thiophene rings is 1. The van der Waals surface area contributed by atoms with Crippen LogP contribution in [0.25, 0.3) is 0 Å². The van der Waals surface area contributed by atoms with Gasteiger partial charge in [0.05, 0.1) is 4.88 Å². The molecule has 2 heterocycles. The number of carbonyl (C=O) groups is 2. The molecule has 0 spiro atoms. The minimum absolute atomic E-state index is 0.0433. The van der Waals surface area contributed by atoms with Gasteiger partial charge in [0.25, 0.3) is 5.91 Å². The molecule has 1 aromatic heterocycles. The van der Waals surface area contributed by atoms with Gasteiger partial charge in [-0.25, -0.2) is 4.79 Å². The molecule has 0 atom stereocenters. The lowest BCUT2D eigenvalue weighted by Crippen LogP contribution is -2.53. The number of amides is 3. The van der Waals surface area contributed by atoms with Crippen LogP contribution in [0.2, 0.25) is 0 Å². The van der Waals surface area contributed by atoms with Gasteiger partial charge in [-0.05, 0) is 25.3 Å². The molecule has 1 aromatic rings. The molecule has 1 N–H and O–H groups in total. The highest BCUT2D eigenvalue weighted by Gasteiger charge is 2.25. The fourth-order valence-electron chi connectivity index (χ4n) is 2.01. The first kappa shape index (κ1) is 13.9. The third-order valence-corrected chi connectivity index (χ3v) is 3.86. The molecule has 0 aliphatic carbocycles. The predicted molar refractivity (Wildman–Crippen MR) is 75.5 cm³/mol. The average Bonchev–Trinajstić information content (AvgIpc) is 2.91. The largest absolute Gasteiger partial charge is 0.336 e. The first-order valence-electron chi connectivity index (χ1n) is 6.46. The minimum Gasteiger partial charge on any atom is -0.336 e. The van der Waals surface area contributed by atoms with Gasteiger partial charge >= 0.3 is 6.03 Å². The van der Waals surface area contributed by atoms with Crippen LogP contribution in [0.4, 0.5) is 4.79 Å². The van der Waals surface area contributed by atoms with Crippen LogP contribution in [0.15, 0.2) is 17.5 Å². The smallest absolute Gasteiger partial charge is 0.317 e. The zero-order valence-corrected chi connectivity index (χ0v) is 12.1. The highest BCUT2D eigenvalue weighted by atomic mass is 32.1. The van der Waals surface area contributed by atoms with Gasteiger partial charge in [-0.1, -0.05) is 6.07 Å². The van der Waals surface area contributed by atoms with E-state index in [2.05, 4.69) is 5.32 Å². The molecule has 2 rings (SSSR count). The lowest BCUT2D eigenvalue weighted by Gasteiger charge is -2.34. The molecule has 104 valence electrons. The van der Waals surface area contributed by atoms with Crippen molar-refractivity contribution in [1.82, 2.24) is 15.1 Å². The van der Waals surface area contributed by atoms with E-state index in [0.29, 0.717) is 26.2 Å². The van der Waals surface area contributed by atoms with Gasteiger partial charge in [-0.2, -0.15) is 0 Å². The van der Waals surface area contributed by atoms with Crippen molar-refractivity contribution < 1.29 is 9.59 Å². The Labute approximate surface area is 117 Å². The quantitative estimate of drug-likeness (QED) is 0.895. The normalized spacial score (nSPS) is 15.7. The van der Waals surface area contributed by atoms with E-state index in [9.17, 15) is 9.59 Å². The van der Waals surface area contributed by atoms with Crippen LogP contribution in [0.5, 0.6) is 0 Å². The highest BCUT2D eigenvalue weighted by molar-refractivity contribution is 7.12. The van der Waals surface area contributed by atoms with E-state index in [1.165, 1.54) is 11.3 Å². The molecule has 6 heteroatoms. The van der Waals surface area contributed by atoms with Crippen molar-refractivity contribution in [2.75, 3.05) is 26.2 Å². The molecule has 3 amide bonds. The van der Waals surface area contributed by atoms with Gasteiger partial charge in [0, 0.05) is 32.2 Å². The summed E-state index contributed by atoms with van der Waals surface area (Å²) in [6, 6.07) is 3.81. The maximum absolute atomic E-state index is 12.1. The Morgan fingerprint density at radius 2 is 1.84 bits per heavy atom. The van der Waals surface area contributed by atoms with Crippen LogP contribution in [-0.2, 0) is 0 Å². The third-order valence-electron chi connectivity index (χ3n) is 3.00. The van der Waals surface area contributed by atoms with Crippen molar-refractivity contribution in [2.24, 2.45) is 0 Å². The second-order valence-corrected chi connectivity index (χ2v) is 5.81. The predicted octanol–water partition coefficient (Wildman–Crippen LogP) is 1.62. The Morgan fingerprint density at radius 1 is 1.21 bits per heavy atom. The van der Waals surface area contributed by atoms with Gasteiger partial charge in [0.15, 0.2) is 0 Å². The van der Waals surface area contributed by atoms with Crippen molar-refractivity contribution >= 4 is 23.3 Å². The van der Waals surface area contributed by atoms with E-state index in [-0.39, 0.29) is 18.0 Å². The summed E-state index contributed by atoms with van der Waals surface area (Å²) in [5.74, 6) is 0.0684. The highest BCUT2D eigenvalue weighted by Crippen LogP contribution is 2.13. The molecule has 5 nitrogen and oxygen atoms in total. The summed E-state index contributed by atoms with van der Waals surface area (Å²) in [5.41, 5.74) is 0. The lowest BCUT2D eigenvalue weighted by molar-refractivity contribution is 0.0668. The summed E-state index contributed by atoms with van der Waals surface area (Å²) in [5, 5.41) is 4.77. The second kappa shape index (κ2) is 6.06. The molecule has 1 saturated heterocycles. The molecule has 0 saturated carbocycles. The standard InChI is InChI=1S/C13H19N3O2S/c1-10(2)14-13(18)16-7-5-15(6-8-16)12(17)11-4-3-9-19-11/h3-4,9-10H,5-8H2,1-2H3,(H,14,18). The van der Waals surface area contributed by atoms with E-state index >= 15 is 0 Å². The number of hydrogen-bond donors (Lipinski definition) is 1. The zero-order chi connectivity index (χ0) is 13.8. The molecular weight excluding hydrogens is 262 g/mol. The van der Waals surface area contributed by atoms with Gasteiger partial charge in [-0.3, -0.25) is 4.79 Å². The van der Waals surface area contributed by atoms with Gasteiger partial charge in [0.1, 0.15) is 0 Å². The number of nitrogens with one attached hydrogen (secondary N) is 1. The molecule has 19 heavy (non-hydrogen) atoms. The fraction of sp³-hybridized carbons (Fsp3) is 0.538. The maximum Gasteiger partial charge on any atom is 0.317 e. The summed E-state index contributed by atoms with van der Waals surface area (Å²) in [4.78, 5) is 28.3. The number of piperazine rings is 1. The van der Waals surface area contributed by atoms with Crippen LogP contribution in [0.3, 0.4) is 0 Å². The SMILES string of the molecule is CC(C)NC(=O)N1CCN(C(=O)c2cccs2)CC1. The lowest BCUT2D eigenvalue weighted by atomic mass is 10.3. The zero-order valence-electron chi connectivity index (χ0n) is 11.3. The van der Waals surface area contributed by atoms with Crippen molar-refractivity contribution in [3.63, 3.8) is 0 Å². The van der Waals surface area contributed by atoms with Crippen LogP contribution < -0.4 is 5.32 Å². The topological polar surface area (TPSA) is 52.7 Å². The summed E-state index contributed by atoms with van der Waals surface area (Å²) in [6.45, 7) is 6.26. The van der Waals surface area contributed by atoms with Crippen molar-refractivity contribution in [3.05, 3.63) is 22.4 Å². The van der Waals surface area contributed by atoms with Gasteiger partial charge in [-0.15, -0.1) is 11.3 Å². The molecule has 0 aromatic carbocycles. The van der Waals surface area contributed by atoms with Crippen LogP contribution in [0.1, 0.15) is 23.5 Å². The van der Waals surface area contributed by atoms with Crippen LogP contribution in [0, 0.1) is 0 Å². The summed E-state index contributed by atoms with van der Waals surface area (Å²) in [7, 11) is 0. The Hall–Kier alpha value is -1.56. The molecular formula is C13H19N3O2S. The monoisotopic (exact) mass is 281 g/mol. The Balaban J connectivity index is 1.86. The van der Waals surface area contributed by atoms with E-state index in [1.54, 1.807) is 4.90 Å². The summed E-state index contributed by atoms with van der Waals surface area (Å²) in [6.07, 6.45) is 0. The molecule has 0 radical (unpaired) electrons. The van der Waals surface area contributed by atoms with Crippen LogP contribution in [-0.4, -0.2) is 54.0 Å². The Bertz CT molecular complexity index is 437. The Kier molecular flexibility index (Phi) is 4.42. The fourth-order valence-corrected chi connectivity index (χ4v) is 2.70. The van der Waals surface area contributed by atoms with E-state index in [1.807, 2.05) is 36.3 Å². The van der Waals surface area contributed by atoms with Crippen molar-refractivity contribution in [3.8, 4) is 0 Å². The first-order valence-corrected chi connectivity index (χ1v) is 7.34. The van der Waals surface area contributed by atoms with Crippen molar-refractivity contribution in [1.29, 1.82) is 0 Å². The Morgan fingerprint density at radius 3 is 2.37 bits per heavy atom. The van der Waals surface area contributed by atoms with Crippen molar-refractivity contribution in [2.45, 2.75) is 19.9 Å². The number of urea groups is 1. The molecule has 1 fully saturated rings. The average molecular weight is 281 g/mol. The minimum atomic E-state index is -0.0433. The summed E-state index contributed by atoms with van der Waals surface area (Å²) >= 11 is 1.46. The molecule has 1 aliphatic rings. The van der Waals surface area contributed by atoms with E-state index in [4.69, 9.17) is 0 Å². The molecule has 0 unspecified atom stereocenters. The van der Waals surface area contributed by atoms with Gasteiger partial charge < -0.3 is 15.1 Å². The summed E-state index contributed by atoms with van der Waals surface area (Å²) < 4.78 is 0. The number of rotatable bonds is 2. The molecule has 1 aliphatic heterocycles. The third kappa shape index (κ3) is 3.47. The van der Waals surface area contributed by atoms with E-state index in [0.717, 1.165) is 4.88 Å². The number of hydrogen-bond acceptors (Lipinski definition) is 3. The van der Waals surface area contributed by atoms with Crippen LogP contribution >= 0.6 is 11.3 Å². The first-order chi connectivity index (χ1) is 9.08. The number of nitrogens with zero attached hydrogens (tertiary/aromatic N) is 2. The van der Waals surface area contributed by atoms with E-state index < -0.39 is 0 Å². The maximum atomic E-state index is 12.1. The second-order valence-electron chi connectivity index (χ2n) is 4.86.